The van der Waals surface area contributed by atoms with Gasteiger partial charge in [-0.2, -0.15) is 0 Å². The highest BCUT2D eigenvalue weighted by atomic mass is 32.2. The molecule has 0 fully saturated rings. The molecule has 0 saturated carbocycles. The first-order valence-corrected chi connectivity index (χ1v) is 11.9. The van der Waals surface area contributed by atoms with E-state index in [-0.39, 0.29) is 31.3 Å². The summed E-state index contributed by atoms with van der Waals surface area (Å²) >= 11 is 0. The van der Waals surface area contributed by atoms with Gasteiger partial charge < -0.3 is 10.5 Å². The summed E-state index contributed by atoms with van der Waals surface area (Å²) in [6.07, 6.45) is 0.941. The maximum Gasteiger partial charge on any atom is 0.413 e. The number of hydrogen-bond acceptors (Lipinski definition) is 8. The topological polar surface area (TPSA) is 153 Å². The van der Waals surface area contributed by atoms with Crippen LogP contribution in [0.25, 0.3) is 5.70 Å². The Hall–Kier alpha value is -3.45. The predicted octanol–water partition coefficient (Wildman–Crippen LogP) is 3.30. The Labute approximate surface area is 201 Å². The molecule has 0 saturated heterocycles. The molecular weight excluding hydrogens is 470 g/mol. The second-order valence-corrected chi connectivity index (χ2v) is 8.93. The number of hydrogen-bond donors (Lipinski definition) is 4. The molecule has 1 aromatic heterocycles. The Balaban J connectivity index is 0. The number of ether oxygens (including phenoxy) is 1. The summed E-state index contributed by atoms with van der Waals surface area (Å²) < 4.78 is 58.0. The van der Waals surface area contributed by atoms with E-state index in [0.29, 0.717) is 12.1 Å². The van der Waals surface area contributed by atoms with Crippen LogP contribution in [0.2, 0.25) is 0 Å². The fourth-order valence-electron chi connectivity index (χ4n) is 2.73. The number of anilines is 1. The van der Waals surface area contributed by atoms with Crippen LogP contribution in [0.5, 0.6) is 0 Å². The lowest BCUT2D eigenvalue weighted by Gasteiger charge is -2.22. The van der Waals surface area contributed by atoms with Crippen molar-refractivity contribution in [2.45, 2.75) is 33.3 Å². The smallest absolute Gasteiger partial charge is 0.413 e. The third-order valence-electron chi connectivity index (χ3n) is 4.32. The minimum Gasteiger partial charge on any atom is -0.441 e. The van der Waals surface area contributed by atoms with E-state index in [1.807, 2.05) is 0 Å². The third kappa shape index (κ3) is 8.48. The first-order chi connectivity index (χ1) is 15.7. The molecule has 0 aliphatic heterocycles. The Morgan fingerprint density at radius 1 is 1.41 bits per heavy atom. The summed E-state index contributed by atoms with van der Waals surface area (Å²) in [5.74, 6) is 4.15. The van der Waals surface area contributed by atoms with E-state index in [4.69, 9.17) is 16.3 Å². The quantitative estimate of drug-likeness (QED) is 0.215. The van der Waals surface area contributed by atoms with Gasteiger partial charge in [-0.05, 0) is 44.6 Å². The standard InChI is InChI=1S/C21H30F2N6O4S.2H2/c1-7-14(23)11-15(12(3)22)13(4)33-21(30)27-20(29(5)25)19(24)18-10-9-17(16(8-2)26-18)28-34(6,31)32;;/h7,9-11,13,28H,1,8,24-25H2,2-6H3,(H,27,30);2*1H/b14-11+,15-12-,20-19-;;/t13-;;/m1../s1. The number of nitrogens with one attached hydrogen (secondary N) is 2. The monoisotopic (exact) mass is 504 g/mol. The summed E-state index contributed by atoms with van der Waals surface area (Å²) in [6, 6.07) is 2.92. The van der Waals surface area contributed by atoms with Crippen LogP contribution >= 0.6 is 0 Å². The second kappa shape index (κ2) is 12.1. The molecule has 0 aliphatic rings. The molecule has 6 N–H and O–H groups in total. The number of amides is 1. The zero-order valence-corrected chi connectivity index (χ0v) is 20.5. The normalized spacial score (nSPS) is 14.4. The summed E-state index contributed by atoms with van der Waals surface area (Å²) in [5.41, 5.74) is 6.80. The average molecular weight is 505 g/mol. The number of rotatable bonds is 10. The summed E-state index contributed by atoms with van der Waals surface area (Å²) in [6.45, 7) is 7.47. The number of carbonyl (C=O) groups excluding carboxylic acids is 1. The molecule has 10 nitrogen and oxygen atoms in total. The molecule has 0 aliphatic carbocycles. The Bertz CT molecular complexity index is 1140. The van der Waals surface area contributed by atoms with Crippen molar-refractivity contribution in [3.05, 3.63) is 65.3 Å². The number of nitrogens with two attached hydrogens (primary N) is 2. The number of aromatic nitrogens is 1. The molecule has 1 rings (SSSR count). The van der Waals surface area contributed by atoms with E-state index in [2.05, 4.69) is 21.6 Å². The number of sulfonamides is 1. The number of halogens is 2. The van der Waals surface area contributed by atoms with E-state index in [0.717, 1.165) is 30.3 Å². The predicted molar refractivity (Wildman–Crippen MR) is 132 cm³/mol. The molecule has 34 heavy (non-hydrogen) atoms. The van der Waals surface area contributed by atoms with Crippen molar-refractivity contribution in [3.63, 3.8) is 0 Å². The van der Waals surface area contributed by atoms with Crippen LogP contribution in [0.1, 0.15) is 35.0 Å². The summed E-state index contributed by atoms with van der Waals surface area (Å²) in [5, 5.41) is 3.37. The minimum atomic E-state index is -3.52. The Morgan fingerprint density at radius 3 is 2.50 bits per heavy atom. The van der Waals surface area contributed by atoms with Crippen LogP contribution in [0.4, 0.5) is 19.3 Å². The van der Waals surface area contributed by atoms with E-state index in [9.17, 15) is 22.0 Å². The van der Waals surface area contributed by atoms with Crippen LogP contribution in [0, 0.1) is 0 Å². The van der Waals surface area contributed by atoms with Gasteiger partial charge in [-0.1, -0.05) is 13.5 Å². The molecule has 0 unspecified atom stereocenters. The van der Waals surface area contributed by atoms with Crippen molar-refractivity contribution < 1.29 is 29.6 Å². The number of aryl methyl sites for hydroxylation is 1. The lowest BCUT2D eigenvalue weighted by molar-refractivity contribution is 0.122. The largest absolute Gasteiger partial charge is 0.441 e. The van der Waals surface area contributed by atoms with E-state index in [1.54, 1.807) is 6.92 Å². The molecule has 13 heteroatoms. The average Bonchev–Trinajstić information content (AvgIpc) is 2.73. The van der Waals surface area contributed by atoms with E-state index >= 15 is 0 Å². The molecule has 1 atom stereocenters. The highest BCUT2D eigenvalue weighted by Crippen LogP contribution is 2.21. The molecule has 1 heterocycles. The molecule has 192 valence electrons. The molecule has 0 aromatic carbocycles. The molecule has 0 radical (unpaired) electrons. The van der Waals surface area contributed by atoms with Gasteiger partial charge >= 0.3 is 6.09 Å². The van der Waals surface area contributed by atoms with Crippen molar-refractivity contribution in [2.75, 3.05) is 18.0 Å². The number of alkyl carbamates (subject to hydrolysis) is 1. The summed E-state index contributed by atoms with van der Waals surface area (Å²) in [7, 11) is -2.13. The number of hydrazine groups is 1. The van der Waals surface area contributed by atoms with Gasteiger partial charge in [0.25, 0.3) is 0 Å². The fraction of sp³-hybridized carbons (Fsp3) is 0.333. The zero-order valence-electron chi connectivity index (χ0n) is 19.6. The van der Waals surface area contributed by atoms with Crippen molar-refractivity contribution >= 4 is 27.5 Å². The Kier molecular flexibility index (Phi) is 10.2. The van der Waals surface area contributed by atoms with Gasteiger partial charge in [-0.15, -0.1) is 0 Å². The highest BCUT2D eigenvalue weighted by Gasteiger charge is 2.20. The van der Waals surface area contributed by atoms with Gasteiger partial charge in [0.2, 0.25) is 10.0 Å². The lowest BCUT2D eigenvalue weighted by Crippen LogP contribution is -2.40. The molecule has 1 amide bonds. The van der Waals surface area contributed by atoms with Crippen LogP contribution < -0.4 is 21.6 Å². The molecule has 0 bridgehead atoms. The van der Waals surface area contributed by atoms with Gasteiger partial charge in [0.1, 0.15) is 23.5 Å². The second-order valence-electron chi connectivity index (χ2n) is 7.19. The lowest BCUT2D eigenvalue weighted by atomic mass is 10.1. The van der Waals surface area contributed by atoms with Gasteiger partial charge in [0, 0.05) is 15.5 Å². The van der Waals surface area contributed by atoms with Gasteiger partial charge in [0.05, 0.1) is 23.3 Å². The first-order valence-electron chi connectivity index (χ1n) is 9.99. The number of carbonyl (C=O) groups is 1. The summed E-state index contributed by atoms with van der Waals surface area (Å²) in [4.78, 5) is 16.8. The van der Waals surface area contributed by atoms with E-state index in [1.165, 1.54) is 26.1 Å². The molecular formula is C21H34F2N6O4S. The van der Waals surface area contributed by atoms with Crippen LogP contribution in [0.15, 0.2) is 53.9 Å². The Morgan fingerprint density at radius 2 is 2.03 bits per heavy atom. The molecule has 0 spiro atoms. The number of nitrogens with zero attached hydrogens (tertiary/aromatic N) is 2. The first kappa shape index (κ1) is 28.6. The molecule has 1 aromatic rings. The zero-order chi connectivity index (χ0) is 26.2. The fourth-order valence-corrected chi connectivity index (χ4v) is 3.32. The van der Waals surface area contributed by atoms with Crippen molar-refractivity contribution in [1.29, 1.82) is 0 Å². The van der Waals surface area contributed by atoms with Crippen molar-refractivity contribution in [3.8, 4) is 0 Å². The highest BCUT2D eigenvalue weighted by molar-refractivity contribution is 7.92. The van der Waals surface area contributed by atoms with Crippen LogP contribution in [0.3, 0.4) is 0 Å². The third-order valence-corrected chi connectivity index (χ3v) is 4.91. The van der Waals surface area contributed by atoms with Gasteiger partial charge in [-0.25, -0.2) is 32.8 Å². The maximum absolute atomic E-state index is 13.8. The van der Waals surface area contributed by atoms with E-state index < -0.39 is 33.9 Å². The van der Waals surface area contributed by atoms with Crippen LogP contribution in [-0.4, -0.2) is 43.9 Å². The van der Waals surface area contributed by atoms with Crippen LogP contribution in [-0.2, 0) is 21.2 Å². The minimum absolute atomic E-state index is 0. The van der Waals surface area contributed by atoms with Crippen molar-refractivity contribution in [1.82, 2.24) is 15.3 Å². The van der Waals surface area contributed by atoms with Crippen molar-refractivity contribution in [2.24, 2.45) is 11.6 Å². The maximum atomic E-state index is 13.8. The SMILES string of the molecule is C=C/C(F)=C\C(=C(/C)F)[C@@H](C)OC(=O)N/C(=C(/N)c1ccc(NS(C)(=O)=O)c(CC)n1)N(C)N.[HH].[HH]. The number of allylic oxidation sites excluding steroid dienone is 3. The van der Waals surface area contributed by atoms with Gasteiger partial charge in [-0.3, -0.25) is 15.0 Å². The van der Waals surface area contributed by atoms with Gasteiger partial charge in [0.15, 0.2) is 5.82 Å². The number of pyridine rings is 1.